The molecule has 0 amide bonds. The molecule has 4 rings (SSSR count). The van der Waals surface area contributed by atoms with Crippen molar-refractivity contribution in [3.05, 3.63) is 35.4 Å². The van der Waals surface area contributed by atoms with Gasteiger partial charge in [-0.1, -0.05) is 18.2 Å². The van der Waals surface area contributed by atoms with Crippen LogP contribution in [0.5, 0.6) is 0 Å². The molecular formula is C13H11F3O3. The fourth-order valence-electron chi connectivity index (χ4n) is 3.14. The number of halogens is 3. The van der Waals surface area contributed by atoms with Crippen LogP contribution in [0.1, 0.15) is 17.5 Å². The number of benzene rings is 1. The summed E-state index contributed by atoms with van der Waals surface area (Å²) in [5.41, 5.74) is -1.14. The zero-order chi connectivity index (χ0) is 13.8. The Morgan fingerprint density at radius 2 is 2.16 bits per heavy atom. The van der Waals surface area contributed by atoms with E-state index in [0.29, 0.717) is 12.0 Å². The largest absolute Gasteiger partial charge is 0.481 e. The van der Waals surface area contributed by atoms with Gasteiger partial charge in [-0.05, 0) is 18.1 Å². The van der Waals surface area contributed by atoms with Crippen LogP contribution in [-0.2, 0) is 21.1 Å². The van der Waals surface area contributed by atoms with E-state index < -0.39 is 29.0 Å². The Balaban J connectivity index is 2.01. The summed E-state index contributed by atoms with van der Waals surface area (Å²) in [6.45, 7) is 0.177. The lowest BCUT2D eigenvalue weighted by molar-refractivity contribution is -0.150. The summed E-state index contributed by atoms with van der Waals surface area (Å²) in [4.78, 5) is 11.2. The van der Waals surface area contributed by atoms with E-state index in [4.69, 9.17) is 9.84 Å². The van der Waals surface area contributed by atoms with Crippen molar-refractivity contribution in [2.45, 2.75) is 24.1 Å². The Kier molecular flexibility index (Phi) is 2.44. The van der Waals surface area contributed by atoms with Crippen LogP contribution in [0.4, 0.5) is 13.2 Å². The molecule has 0 spiro atoms. The molecular weight excluding hydrogens is 261 g/mol. The van der Waals surface area contributed by atoms with Crippen LogP contribution in [0.3, 0.4) is 0 Å². The molecule has 6 heteroatoms. The molecule has 3 aliphatic rings. The van der Waals surface area contributed by atoms with Crippen molar-refractivity contribution in [2.24, 2.45) is 5.92 Å². The highest BCUT2D eigenvalue weighted by Gasteiger charge is 2.65. The molecule has 19 heavy (non-hydrogen) atoms. The van der Waals surface area contributed by atoms with Gasteiger partial charge in [-0.25, -0.2) is 0 Å². The van der Waals surface area contributed by atoms with Gasteiger partial charge in [-0.15, -0.1) is 0 Å². The predicted octanol–water partition coefficient (Wildman–Crippen LogP) is 2.45. The summed E-state index contributed by atoms with van der Waals surface area (Å²) in [5, 5.41) is 9.17. The molecule has 1 saturated carbocycles. The first-order valence-corrected chi connectivity index (χ1v) is 5.87. The standard InChI is InChI=1S/C13H11F3O3/c14-13(15,16)8-3-1-2-7(4-8)12-5-9(19-6-12)10(12)11(17)18/h1-4,9-10H,5-6H2,(H,17,18)/t9-,10+,12-/m0/s1. The van der Waals surface area contributed by atoms with E-state index in [2.05, 4.69) is 0 Å². The number of fused-ring (bicyclic) bond motifs is 1. The molecule has 3 atom stereocenters. The van der Waals surface area contributed by atoms with Gasteiger partial charge in [0.2, 0.25) is 0 Å². The summed E-state index contributed by atoms with van der Waals surface area (Å²) < 4.78 is 43.4. The second-order valence-electron chi connectivity index (χ2n) is 5.10. The number of rotatable bonds is 2. The molecule has 3 nitrogen and oxygen atoms in total. The van der Waals surface area contributed by atoms with Gasteiger partial charge in [-0.2, -0.15) is 13.2 Å². The fraction of sp³-hybridized carbons (Fsp3) is 0.462. The zero-order valence-corrected chi connectivity index (χ0v) is 9.78. The minimum absolute atomic E-state index is 0.177. The molecule has 2 saturated heterocycles. The smallest absolute Gasteiger partial charge is 0.416 e. The van der Waals surface area contributed by atoms with Crippen molar-refractivity contribution in [1.82, 2.24) is 0 Å². The third kappa shape index (κ3) is 1.66. The lowest BCUT2D eigenvalue weighted by Crippen LogP contribution is -2.52. The maximum absolute atomic E-state index is 12.7. The summed E-state index contributed by atoms with van der Waals surface area (Å²) >= 11 is 0. The normalized spacial score (nSPS) is 33.0. The number of hydrogen-bond donors (Lipinski definition) is 1. The van der Waals surface area contributed by atoms with Crippen LogP contribution in [0.25, 0.3) is 0 Å². The third-order valence-corrected chi connectivity index (χ3v) is 4.12. The average molecular weight is 272 g/mol. The summed E-state index contributed by atoms with van der Waals surface area (Å²) in [7, 11) is 0. The number of hydrogen-bond acceptors (Lipinski definition) is 2. The molecule has 1 aromatic rings. The molecule has 0 aromatic heterocycles. The molecule has 102 valence electrons. The minimum atomic E-state index is -4.42. The fourth-order valence-corrected chi connectivity index (χ4v) is 3.14. The molecule has 0 radical (unpaired) electrons. The van der Waals surface area contributed by atoms with E-state index in [1.54, 1.807) is 6.07 Å². The molecule has 2 bridgehead atoms. The van der Waals surface area contributed by atoms with Crippen molar-refractivity contribution < 1.29 is 27.8 Å². The van der Waals surface area contributed by atoms with Crippen molar-refractivity contribution >= 4 is 5.97 Å². The number of carboxylic acids is 1. The lowest BCUT2D eigenvalue weighted by Gasteiger charge is -2.42. The molecule has 2 aliphatic heterocycles. The van der Waals surface area contributed by atoms with Crippen molar-refractivity contribution in [3.63, 3.8) is 0 Å². The maximum Gasteiger partial charge on any atom is 0.416 e. The molecule has 1 N–H and O–H groups in total. The van der Waals surface area contributed by atoms with Crippen LogP contribution in [0, 0.1) is 5.92 Å². The first-order chi connectivity index (χ1) is 8.84. The van der Waals surface area contributed by atoms with Crippen LogP contribution in [0.2, 0.25) is 0 Å². The van der Waals surface area contributed by atoms with Gasteiger partial charge in [0, 0.05) is 5.41 Å². The summed E-state index contributed by atoms with van der Waals surface area (Å²) in [5.74, 6) is -1.75. The molecule has 2 heterocycles. The SMILES string of the molecule is O=C(O)[C@H]1[C@@H]2C[C@@]1(c1cccc(C(F)(F)F)c1)CO2. The van der Waals surface area contributed by atoms with E-state index >= 15 is 0 Å². The van der Waals surface area contributed by atoms with Crippen molar-refractivity contribution in [1.29, 1.82) is 0 Å². The van der Waals surface area contributed by atoms with Crippen molar-refractivity contribution in [3.8, 4) is 0 Å². The van der Waals surface area contributed by atoms with Crippen LogP contribution >= 0.6 is 0 Å². The quantitative estimate of drug-likeness (QED) is 0.899. The minimum Gasteiger partial charge on any atom is -0.481 e. The summed E-state index contributed by atoms with van der Waals surface area (Å²) in [6, 6.07) is 4.90. The van der Waals surface area contributed by atoms with Gasteiger partial charge in [0.05, 0.1) is 24.2 Å². The van der Waals surface area contributed by atoms with Crippen LogP contribution in [0.15, 0.2) is 24.3 Å². The monoisotopic (exact) mass is 272 g/mol. The lowest BCUT2D eigenvalue weighted by atomic mass is 9.57. The highest BCUT2D eigenvalue weighted by Crippen LogP contribution is 2.56. The number of carbonyl (C=O) groups is 1. The number of aliphatic carboxylic acids is 1. The number of ether oxygens (including phenoxy) is 1. The Bertz CT molecular complexity index is 536. The highest BCUT2D eigenvalue weighted by atomic mass is 19.4. The topological polar surface area (TPSA) is 46.5 Å². The van der Waals surface area contributed by atoms with E-state index in [0.717, 1.165) is 12.1 Å². The van der Waals surface area contributed by atoms with E-state index in [9.17, 15) is 18.0 Å². The van der Waals surface area contributed by atoms with Gasteiger partial charge in [0.1, 0.15) is 0 Å². The van der Waals surface area contributed by atoms with E-state index in [1.807, 2.05) is 0 Å². The highest BCUT2D eigenvalue weighted by molar-refractivity contribution is 5.76. The van der Waals surface area contributed by atoms with Gasteiger partial charge in [-0.3, -0.25) is 4.79 Å². The predicted molar refractivity (Wildman–Crippen MR) is 58.6 cm³/mol. The maximum atomic E-state index is 12.7. The zero-order valence-electron chi connectivity index (χ0n) is 9.78. The third-order valence-electron chi connectivity index (χ3n) is 4.12. The van der Waals surface area contributed by atoms with Crippen molar-refractivity contribution in [2.75, 3.05) is 6.61 Å². The van der Waals surface area contributed by atoms with E-state index in [1.165, 1.54) is 6.07 Å². The second kappa shape index (κ2) is 3.72. The van der Waals surface area contributed by atoms with Gasteiger partial charge < -0.3 is 9.84 Å². The Morgan fingerprint density at radius 3 is 2.74 bits per heavy atom. The molecule has 0 unspecified atom stereocenters. The van der Waals surface area contributed by atoms with Gasteiger partial charge >= 0.3 is 12.1 Å². The number of carboxylic acid groups (broad SMARTS) is 1. The summed E-state index contributed by atoms with van der Waals surface area (Å²) in [6.07, 6.45) is -4.31. The van der Waals surface area contributed by atoms with E-state index in [-0.39, 0.29) is 12.7 Å². The molecule has 1 aromatic carbocycles. The van der Waals surface area contributed by atoms with Gasteiger partial charge in [0.15, 0.2) is 0 Å². The Hall–Kier alpha value is -1.56. The Morgan fingerprint density at radius 1 is 1.42 bits per heavy atom. The number of alkyl halides is 3. The Labute approximate surface area is 107 Å². The average Bonchev–Trinajstić information content (AvgIpc) is 2.86. The van der Waals surface area contributed by atoms with Crippen LogP contribution < -0.4 is 0 Å². The molecule has 3 fully saturated rings. The van der Waals surface area contributed by atoms with Gasteiger partial charge in [0.25, 0.3) is 0 Å². The molecule has 1 aliphatic carbocycles. The first kappa shape index (κ1) is 12.5. The second-order valence-corrected chi connectivity index (χ2v) is 5.10. The first-order valence-electron chi connectivity index (χ1n) is 5.87. The van der Waals surface area contributed by atoms with Crippen LogP contribution in [-0.4, -0.2) is 23.8 Å².